The minimum Gasteiger partial charge on any atom is -0.480 e. The van der Waals surface area contributed by atoms with Crippen LogP contribution < -0.4 is 0 Å². The van der Waals surface area contributed by atoms with Crippen molar-refractivity contribution in [3.63, 3.8) is 0 Å². The van der Waals surface area contributed by atoms with E-state index in [2.05, 4.69) is 13.5 Å². The first-order chi connectivity index (χ1) is 5.70. The topological polar surface area (TPSA) is 46.5 Å². The highest BCUT2D eigenvalue weighted by Crippen LogP contribution is 2.05. The summed E-state index contributed by atoms with van der Waals surface area (Å²) < 4.78 is 5.04. The monoisotopic (exact) mass is 172 g/mol. The van der Waals surface area contributed by atoms with Crippen molar-refractivity contribution in [3.8, 4) is 0 Å². The fourth-order valence-electron chi connectivity index (χ4n) is 0.853. The number of unbranched alkanes of at least 4 members (excludes halogenated alkanes) is 1. The number of rotatable bonds is 7. The van der Waals surface area contributed by atoms with Crippen molar-refractivity contribution < 1.29 is 14.6 Å². The van der Waals surface area contributed by atoms with Gasteiger partial charge in [0.2, 0.25) is 0 Å². The van der Waals surface area contributed by atoms with E-state index in [1.807, 2.05) is 0 Å². The molecule has 1 N–H and O–H groups in total. The average Bonchev–Trinajstić information content (AvgIpc) is 2.05. The molecule has 0 aromatic rings. The van der Waals surface area contributed by atoms with Crippen LogP contribution in [0, 0.1) is 0 Å². The van der Waals surface area contributed by atoms with Gasteiger partial charge in [-0.25, -0.2) is 4.79 Å². The Balaban J connectivity index is 3.52. The van der Waals surface area contributed by atoms with E-state index in [-0.39, 0.29) is 12.7 Å². The Morgan fingerprint density at radius 2 is 2.42 bits per heavy atom. The maximum atomic E-state index is 10.1. The SMILES string of the molecule is C=CC(CCCC)OCC(=O)O. The molecule has 3 nitrogen and oxygen atoms in total. The summed E-state index contributed by atoms with van der Waals surface area (Å²) in [5, 5.41) is 8.32. The summed E-state index contributed by atoms with van der Waals surface area (Å²) >= 11 is 0. The van der Waals surface area contributed by atoms with Crippen LogP contribution in [0.15, 0.2) is 12.7 Å². The molecule has 0 aliphatic rings. The highest BCUT2D eigenvalue weighted by Gasteiger charge is 2.05. The van der Waals surface area contributed by atoms with Crippen LogP contribution in [0.3, 0.4) is 0 Å². The Labute approximate surface area is 73.0 Å². The lowest BCUT2D eigenvalue weighted by Crippen LogP contribution is -2.15. The van der Waals surface area contributed by atoms with Crippen molar-refractivity contribution in [3.05, 3.63) is 12.7 Å². The minimum atomic E-state index is -0.932. The van der Waals surface area contributed by atoms with E-state index in [0.717, 1.165) is 19.3 Å². The molecule has 0 fully saturated rings. The molecule has 0 rings (SSSR count). The summed E-state index contributed by atoms with van der Waals surface area (Å²) in [4.78, 5) is 10.1. The summed E-state index contributed by atoms with van der Waals surface area (Å²) in [6.45, 7) is 5.42. The average molecular weight is 172 g/mol. The maximum Gasteiger partial charge on any atom is 0.329 e. The van der Waals surface area contributed by atoms with Gasteiger partial charge in [0, 0.05) is 0 Å². The fourth-order valence-corrected chi connectivity index (χ4v) is 0.853. The fraction of sp³-hybridized carbons (Fsp3) is 0.667. The molecule has 0 aliphatic carbocycles. The van der Waals surface area contributed by atoms with Gasteiger partial charge in [-0.15, -0.1) is 6.58 Å². The van der Waals surface area contributed by atoms with Crippen LogP contribution in [0.4, 0.5) is 0 Å². The van der Waals surface area contributed by atoms with Gasteiger partial charge in [0.25, 0.3) is 0 Å². The quantitative estimate of drug-likeness (QED) is 0.596. The molecule has 0 aliphatic heterocycles. The number of carbonyl (C=O) groups is 1. The zero-order valence-corrected chi connectivity index (χ0v) is 7.45. The summed E-state index contributed by atoms with van der Waals surface area (Å²) in [7, 11) is 0. The van der Waals surface area contributed by atoms with Gasteiger partial charge in [-0.1, -0.05) is 25.8 Å². The lowest BCUT2D eigenvalue weighted by Gasteiger charge is -2.10. The molecule has 3 heteroatoms. The molecule has 1 atom stereocenters. The van der Waals surface area contributed by atoms with E-state index in [9.17, 15) is 4.79 Å². The van der Waals surface area contributed by atoms with Crippen LogP contribution in [0.25, 0.3) is 0 Å². The van der Waals surface area contributed by atoms with E-state index in [0.29, 0.717) is 0 Å². The summed E-state index contributed by atoms with van der Waals surface area (Å²) in [5.74, 6) is -0.932. The molecule has 12 heavy (non-hydrogen) atoms. The third-order valence-corrected chi connectivity index (χ3v) is 1.53. The first-order valence-corrected chi connectivity index (χ1v) is 4.16. The second-order valence-corrected chi connectivity index (χ2v) is 2.62. The molecule has 0 saturated carbocycles. The van der Waals surface area contributed by atoms with Gasteiger partial charge >= 0.3 is 5.97 Å². The molecule has 0 radical (unpaired) electrons. The molecular weight excluding hydrogens is 156 g/mol. The molecule has 0 aromatic carbocycles. The van der Waals surface area contributed by atoms with Crippen LogP contribution >= 0.6 is 0 Å². The minimum absolute atomic E-state index is 0.110. The van der Waals surface area contributed by atoms with Crippen LogP contribution in [0.1, 0.15) is 26.2 Å². The summed E-state index contributed by atoms with van der Waals surface area (Å²) in [6, 6.07) is 0. The van der Waals surface area contributed by atoms with Gasteiger partial charge in [-0.2, -0.15) is 0 Å². The number of hydrogen-bond donors (Lipinski definition) is 1. The van der Waals surface area contributed by atoms with E-state index >= 15 is 0 Å². The standard InChI is InChI=1S/C9H16O3/c1-3-5-6-8(4-2)12-7-9(10)11/h4,8H,2-3,5-7H2,1H3,(H,10,11). The van der Waals surface area contributed by atoms with E-state index in [4.69, 9.17) is 9.84 Å². The predicted octanol–water partition coefficient (Wildman–Crippen LogP) is 1.83. The van der Waals surface area contributed by atoms with E-state index in [1.54, 1.807) is 6.08 Å². The number of aliphatic carboxylic acids is 1. The number of ether oxygens (including phenoxy) is 1. The molecule has 0 saturated heterocycles. The third kappa shape index (κ3) is 5.92. The Morgan fingerprint density at radius 1 is 1.75 bits per heavy atom. The summed E-state index contributed by atoms with van der Waals surface area (Å²) in [5.41, 5.74) is 0. The highest BCUT2D eigenvalue weighted by molar-refractivity contribution is 5.68. The Hall–Kier alpha value is -0.830. The molecule has 0 aromatic heterocycles. The Morgan fingerprint density at radius 3 is 2.83 bits per heavy atom. The Bertz CT molecular complexity index is 143. The van der Waals surface area contributed by atoms with Crippen LogP contribution in [0.2, 0.25) is 0 Å². The molecular formula is C9H16O3. The molecule has 1 unspecified atom stereocenters. The smallest absolute Gasteiger partial charge is 0.329 e. The van der Waals surface area contributed by atoms with E-state index in [1.165, 1.54) is 0 Å². The van der Waals surface area contributed by atoms with Crippen molar-refractivity contribution >= 4 is 5.97 Å². The zero-order valence-electron chi connectivity index (χ0n) is 7.45. The van der Waals surface area contributed by atoms with Crippen molar-refractivity contribution in [2.45, 2.75) is 32.3 Å². The maximum absolute atomic E-state index is 10.1. The normalized spacial score (nSPS) is 12.4. The van der Waals surface area contributed by atoms with Crippen molar-refractivity contribution in [1.82, 2.24) is 0 Å². The van der Waals surface area contributed by atoms with E-state index < -0.39 is 5.97 Å². The van der Waals surface area contributed by atoms with Crippen molar-refractivity contribution in [2.75, 3.05) is 6.61 Å². The molecule has 70 valence electrons. The molecule has 0 spiro atoms. The lowest BCUT2D eigenvalue weighted by molar-refractivity contribution is -0.143. The zero-order chi connectivity index (χ0) is 9.40. The van der Waals surface area contributed by atoms with Crippen LogP contribution in [-0.2, 0) is 9.53 Å². The largest absolute Gasteiger partial charge is 0.480 e. The molecule has 0 heterocycles. The first-order valence-electron chi connectivity index (χ1n) is 4.16. The third-order valence-electron chi connectivity index (χ3n) is 1.53. The Kier molecular flexibility index (Phi) is 6.38. The van der Waals surface area contributed by atoms with Gasteiger partial charge in [0.1, 0.15) is 6.61 Å². The van der Waals surface area contributed by atoms with Crippen LogP contribution in [0.5, 0.6) is 0 Å². The summed E-state index contributed by atoms with van der Waals surface area (Å²) in [6.07, 6.45) is 4.52. The highest BCUT2D eigenvalue weighted by atomic mass is 16.5. The van der Waals surface area contributed by atoms with Crippen LogP contribution in [-0.4, -0.2) is 23.8 Å². The van der Waals surface area contributed by atoms with Gasteiger partial charge in [-0.05, 0) is 6.42 Å². The van der Waals surface area contributed by atoms with Crippen molar-refractivity contribution in [1.29, 1.82) is 0 Å². The molecule has 0 bridgehead atoms. The molecule has 0 amide bonds. The second-order valence-electron chi connectivity index (χ2n) is 2.62. The van der Waals surface area contributed by atoms with Gasteiger partial charge in [0.15, 0.2) is 0 Å². The predicted molar refractivity (Wildman–Crippen MR) is 47.1 cm³/mol. The van der Waals surface area contributed by atoms with Gasteiger partial charge in [-0.3, -0.25) is 0 Å². The lowest BCUT2D eigenvalue weighted by atomic mass is 10.1. The number of carboxylic acid groups (broad SMARTS) is 1. The number of hydrogen-bond acceptors (Lipinski definition) is 2. The number of carboxylic acids is 1. The second kappa shape index (κ2) is 6.85. The van der Waals surface area contributed by atoms with Crippen molar-refractivity contribution in [2.24, 2.45) is 0 Å². The van der Waals surface area contributed by atoms with Gasteiger partial charge < -0.3 is 9.84 Å². The first kappa shape index (κ1) is 11.2. The van der Waals surface area contributed by atoms with Gasteiger partial charge in [0.05, 0.1) is 6.10 Å².